The zero-order valence-corrected chi connectivity index (χ0v) is 16.3. The molecule has 0 saturated carbocycles. The highest BCUT2D eigenvalue weighted by Gasteiger charge is 2.24. The van der Waals surface area contributed by atoms with E-state index in [1.165, 1.54) is 42.7 Å². The topological polar surface area (TPSA) is 78.7 Å². The third-order valence-electron chi connectivity index (χ3n) is 5.17. The Labute approximate surface area is 165 Å². The number of carbonyl (C=O) groups excluding carboxylic acids is 1. The summed E-state index contributed by atoms with van der Waals surface area (Å²) in [5.74, 6) is -0.219. The Morgan fingerprint density at radius 3 is 2.25 bits per heavy atom. The molecular formula is C21H26N4O3. The second-order valence-electron chi connectivity index (χ2n) is 7.26. The fourth-order valence-corrected chi connectivity index (χ4v) is 3.53. The average molecular weight is 382 g/mol. The van der Waals surface area contributed by atoms with Crippen molar-refractivity contribution in [2.45, 2.75) is 18.9 Å². The highest BCUT2D eigenvalue weighted by atomic mass is 16.6. The van der Waals surface area contributed by atoms with E-state index in [9.17, 15) is 14.9 Å². The van der Waals surface area contributed by atoms with Gasteiger partial charge in [0.15, 0.2) is 0 Å². The molecule has 148 valence electrons. The quantitative estimate of drug-likeness (QED) is 0.588. The summed E-state index contributed by atoms with van der Waals surface area (Å²) in [5, 5.41) is 13.8. The number of non-ortho nitro benzene ring substituents is 1. The summed E-state index contributed by atoms with van der Waals surface area (Å²) in [7, 11) is 4.02. The number of amides is 1. The van der Waals surface area contributed by atoms with E-state index in [0.29, 0.717) is 12.1 Å². The lowest BCUT2D eigenvalue weighted by atomic mass is 10.0. The lowest BCUT2D eigenvalue weighted by Crippen LogP contribution is -2.36. The van der Waals surface area contributed by atoms with Crippen LogP contribution in [0.25, 0.3) is 0 Å². The van der Waals surface area contributed by atoms with Crippen LogP contribution in [-0.2, 0) is 0 Å². The summed E-state index contributed by atoms with van der Waals surface area (Å²) < 4.78 is 0. The van der Waals surface area contributed by atoms with Crippen molar-refractivity contribution >= 4 is 17.3 Å². The summed E-state index contributed by atoms with van der Waals surface area (Å²) in [6.07, 6.45) is 2.34. The van der Waals surface area contributed by atoms with E-state index in [0.717, 1.165) is 18.8 Å². The van der Waals surface area contributed by atoms with Crippen LogP contribution in [0.3, 0.4) is 0 Å². The molecule has 2 aromatic rings. The fraction of sp³-hybridized carbons (Fsp3) is 0.381. The Balaban J connectivity index is 1.70. The van der Waals surface area contributed by atoms with Gasteiger partial charge in [0.1, 0.15) is 0 Å². The number of carbonyl (C=O) groups is 1. The minimum absolute atomic E-state index is 0.0209. The normalized spacial score (nSPS) is 15.2. The molecule has 1 amide bonds. The molecule has 2 aromatic carbocycles. The summed E-state index contributed by atoms with van der Waals surface area (Å²) in [6, 6.07) is 14.2. The second-order valence-corrected chi connectivity index (χ2v) is 7.26. The number of nitrogens with zero attached hydrogens (tertiary/aromatic N) is 3. The molecule has 1 heterocycles. The summed E-state index contributed by atoms with van der Waals surface area (Å²) in [5.41, 5.74) is 2.72. The van der Waals surface area contributed by atoms with Gasteiger partial charge < -0.3 is 10.2 Å². The van der Waals surface area contributed by atoms with Gasteiger partial charge in [-0.2, -0.15) is 0 Å². The summed E-state index contributed by atoms with van der Waals surface area (Å²) >= 11 is 0. The van der Waals surface area contributed by atoms with Crippen molar-refractivity contribution in [3.63, 3.8) is 0 Å². The molecule has 28 heavy (non-hydrogen) atoms. The number of nitro benzene ring substituents is 1. The lowest BCUT2D eigenvalue weighted by molar-refractivity contribution is -0.384. The van der Waals surface area contributed by atoms with Gasteiger partial charge in [0.25, 0.3) is 11.6 Å². The first-order valence-electron chi connectivity index (χ1n) is 9.49. The van der Waals surface area contributed by atoms with E-state index in [1.54, 1.807) is 0 Å². The van der Waals surface area contributed by atoms with E-state index in [-0.39, 0.29) is 17.6 Å². The van der Waals surface area contributed by atoms with E-state index >= 15 is 0 Å². The number of nitrogens with one attached hydrogen (secondary N) is 1. The van der Waals surface area contributed by atoms with Crippen molar-refractivity contribution in [2.24, 2.45) is 0 Å². The molecule has 7 nitrogen and oxygen atoms in total. The molecule has 1 aliphatic heterocycles. The van der Waals surface area contributed by atoms with Gasteiger partial charge in [0.2, 0.25) is 0 Å². The Morgan fingerprint density at radius 2 is 1.71 bits per heavy atom. The molecule has 0 radical (unpaired) electrons. The molecule has 1 N–H and O–H groups in total. The van der Waals surface area contributed by atoms with Crippen molar-refractivity contribution < 1.29 is 9.72 Å². The standard InChI is InChI=1S/C21H26N4O3/c1-23(2)18-9-5-16(6-10-18)20(24-13-3-4-14-24)15-22-21(26)17-7-11-19(12-8-17)25(27)28/h5-12,20H,3-4,13-15H2,1-2H3,(H,22,26). The maximum atomic E-state index is 12.5. The zero-order valence-electron chi connectivity index (χ0n) is 16.3. The predicted molar refractivity (Wildman–Crippen MR) is 110 cm³/mol. The van der Waals surface area contributed by atoms with Crippen LogP contribution in [0.2, 0.25) is 0 Å². The third kappa shape index (κ3) is 4.67. The maximum absolute atomic E-state index is 12.5. The highest BCUT2D eigenvalue weighted by molar-refractivity contribution is 5.94. The van der Waals surface area contributed by atoms with Crippen LogP contribution in [0, 0.1) is 10.1 Å². The number of benzene rings is 2. The molecule has 1 fully saturated rings. The fourth-order valence-electron chi connectivity index (χ4n) is 3.53. The van der Waals surface area contributed by atoms with Crippen molar-refractivity contribution in [1.29, 1.82) is 0 Å². The molecular weight excluding hydrogens is 356 g/mol. The van der Waals surface area contributed by atoms with Crippen LogP contribution in [0.15, 0.2) is 48.5 Å². The molecule has 0 bridgehead atoms. The third-order valence-corrected chi connectivity index (χ3v) is 5.17. The Kier molecular flexibility index (Phi) is 6.26. The first kappa shape index (κ1) is 19.8. The van der Waals surface area contributed by atoms with Gasteiger partial charge in [-0.25, -0.2) is 0 Å². The van der Waals surface area contributed by atoms with Gasteiger partial charge in [0, 0.05) is 44.0 Å². The van der Waals surface area contributed by atoms with Crippen molar-refractivity contribution in [1.82, 2.24) is 10.2 Å². The molecule has 1 aliphatic rings. The summed E-state index contributed by atoms with van der Waals surface area (Å²) in [4.78, 5) is 27.3. The van der Waals surface area contributed by atoms with Gasteiger partial charge in [0.05, 0.1) is 11.0 Å². The second kappa shape index (κ2) is 8.84. The molecule has 0 aliphatic carbocycles. The Bertz CT molecular complexity index is 813. The van der Waals surface area contributed by atoms with E-state index < -0.39 is 4.92 Å². The van der Waals surface area contributed by atoms with Gasteiger partial charge in [-0.05, 0) is 55.8 Å². The van der Waals surface area contributed by atoms with E-state index in [1.807, 2.05) is 14.1 Å². The average Bonchev–Trinajstić information content (AvgIpc) is 3.23. The van der Waals surface area contributed by atoms with Crippen molar-refractivity contribution in [3.8, 4) is 0 Å². The van der Waals surface area contributed by atoms with Crippen LogP contribution in [0.5, 0.6) is 0 Å². The Hall–Kier alpha value is -2.93. The highest BCUT2D eigenvalue weighted by Crippen LogP contribution is 2.26. The number of hydrogen-bond donors (Lipinski definition) is 1. The maximum Gasteiger partial charge on any atom is 0.269 e. The first-order valence-corrected chi connectivity index (χ1v) is 9.49. The number of hydrogen-bond acceptors (Lipinski definition) is 5. The smallest absolute Gasteiger partial charge is 0.269 e. The van der Waals surface area contributed by atoms with Gasteiger partial charge >= 0.3 is 0 Å². The largest absolute Gasteiger partial charge is 0.378 e. The van der Waals surface area contributed by atoms with Crippen LogP contribution in [0.1, 0.15) is 34.8 Å². The van der Waals surface area contributed by atoms with Gasteiger partial charge in [-0.15, -0.1) is 0 Å². The molecule has 1 saturated heterocycles. The number of nitro groups is 1. The zero-order chi connectivity index (χ0) is 20.1. The SMILES string of the molecule is CN(C)c1ccc(C(CNC(=O)c2ccc([N+](=O)[O-])cc2)N2CCCC2)cc1. The number of rotatable bonds is 7. The predicted octanol–water partition coefficient (Wildman–Crippen LogP) is 3.23. The number of anilines is 1. The van der Waals surface area contributed by atoms with E-state index in [2.05, 4.69) is 39.4 Å². The molecule has 3 rings (SSSR count). The van der Waals surface area contributed by atoms with Crippen LogP contribution >= 0.6 is 0 Å². The molecule has 1 atom stereocenters. The summed E-state index contributed by atoms with van der Waals surface area (Å²) in [6.45, 7) is 2.54. The minimum Gasteiger partial charge on any atom is -0.378 e. The Morgan fingerprint density at radius 1 is 1.11 bits per heavy atom. The monoisotopic (exact) mass is 382 g/mol. The molecule has 1 unspecified atom stereocenters. The molecule has 0 spiro atoms. The molecule has 0 aromatic heterocycles. The van der Waals surface area contributed by atoms with Crippen molar-refractivity contribution in [2.75, 3.05) is 38.6 Å². The van der Waals surface area contributed by atoms with Crippen LogP contribution < -0.4 is 10.2 Å². The minimum atomic E-state index is -0.470. The first-order chi connectivity index (χ1) is 13.5. The van der Waals surface area contributed by atoms with Crippen LogP contribution in [0.4, 0.5) is 11.4 Å². The van der Waals surface area contributed by atoms with E-state index in [4.69, 9.17) is 0 Å². The van der Waals surface area contributed by atoms with Gasteiger partial charge in [-0.3, -0.25) is 19.8 Å². The van der Waals surface area contributed by atoms with Gasteiger partial charge in [-0.1, -0.05) is 12.1 Å². The number of likely N-dealkylation sites (tertiary alicyclic amines) is 1. The van der Waals surface area contributed by atoms with Crippen molar-refractivity contribution in [3.05, 3.63) is 69.8 Å². The lowest BCUT2D eigenvalue weighted by Gasteiger charge is -2.28. The molecule has 7 heteroatoms. The van der Waals surface area contributed by atoms with Crippen LogP contribution in [-0.4, -0.2) is 49.5 Å².